The maximum Gasteiger partial charge on any atom is 0.290 e. The molecule has 6 heteroatoms. The lowest BCUT2D eigenvalue weighted by Crippen LogP contribution is -2.40. The zero-order valence-corrected chi connectivity index (χ0v) is 18.1. The highest BCUT2D eigenvalue weighted by Gasteiger charge is 2.26. The molecule has 2 aliphatic rings. The molecule has 2 saturated heterocycles. The summed E-state index contributed by atoms with van der Waals surface area (Å²) in [5.41, 5.74) is 3.66. The molecule has 162 valence electrons. The van der Waals surface area contributed by atoms with Gasteiger partial charge in [0.05, 0.1) is 18.3 Å². The molecule has 2 fully saturated rings. The number of hydrogen-bond donors (Lipinski definition) is 1. The van der Waals surface area contributed by atoms with Crippen LogP contribution in [0.5, 0.6) is 0 Å². The number of amides is 1. The fourth-order valence-electron chi connectivity index (χ4n) is 4.35. The largest absolute Gasteiger partial charge is 0.379 e. The lowest BCUT2D eigenvalue weighted by Gasteiger charge is -2.31. The van der Waals surface area contributed by atoms with Crippen molar-refractivity contribution >= 4 is 5.91 Å². The van der Waals surface area contributed by atoms with Crippen LogP contribution in [0.4, 0.5) is 0 Å². The Kier molecular flexibility index (Phi) is 6.85. The van der Waals surface area contributed by atoms with Crippen molar-refractivity contribution in [1.82, 2.24) is 15.4 Å². The van der Waals surface area contributed by atoms with E-state index < -0.39 is 0 Å². The van der Waals surface area contributed by atoms with Gasteiger partial charge in [0, 0.05) is 25.1 Å². The molecule has 2 aromatic rings. The molecule has 1 N–H and O–H groups in total. The second-order valence-electron chi connectivity index (χ2n) is 8.95. The zero-order valence-electron chi connectivity index (χ0n) is 18.1. The molecule has 0 saturated carbocycles. The maximum absolute atomic E-state index is 12.4. The summed E-state index contributed by atoms with van der Waals surface area (Å²) in [7, 11) is 0. The number of benzene rings is 1. The first-order valence-electron chi connectivity index (χ1n) is 11.2. The highest BCUT2D eigenvalue weighted by atomic mass is 16.5. The van der Waals surface area contributed by atoms with Crippen LogP contribution in [0.2, 0.25) is 0 Å². The summed E-state index contributed by atoms with van der Waals surface area (Å²) in [5.74, 6) is 1.04. The predicted octanol–water partition coefficient (Wildman–Crippen LogP) is 4.09. The van der Waals surface area contributed by atoms with Gasteiger partial charge in [-0.3, -0.25) is 9.69 Å². The molecule has 30 heavy (non-hydrogen) atoms. The van der Waals surface area contributed by atoms with Crippen molar-refractivity contribution in [2.24, 2.45) is 0 Å². The average Bonchev–Trinajstić information content (AvgIpc) is 3.26. The summed E-state index contributed by atoms with van der Waals surface area (Å²) in [6.45, 7) is 8.86. The summed E-state index contributed by atoms with van der Waals surface area (Å²) < 4.78 is 10.8. The fourth-order valence-corrected chi connectivity index (χ4v) is 4.35. The van der Waals surface area contributed by atoms with E-state index in [1.807, 2.05) is 6.07 Å². The van der Waals surface area contributed by atoms with Crippen molar-refractivity contribution in [2.75, 3.05) is 26.3 Å². The molecular formula is C24H33N3O3. The number of hydrogen-bond acceptors (Lipinski definition) is 5. The quantitative estimate of drug-likeness (QED) is 0.776. The van der Waals surface area contributed by atoms with E-state index in [9.17, 15) is 4.79 Å². The second kappa shape index (κ2) is 9.75. The van der Waals surface area contributed by atoms with E-state index in [-0.39, 0.29) is 11.9 Å². The van der Waals surface area contributed by atoms with Crippen LogP contribution in [-0.4, -0.2) is 48.3 Å². The lowest BCUT2D eigenvalue weighted by molar-refractivity contribution is 0.0608. The number of rotatable bonds is 6. The van der Waals surface area contributed by atoms with Gasteiger partial charge in [0.2, 0.25) is 5.76 Å². The third-order valence-corrected chi connectivity index (χ3v) is 6.31. The summed E-state index contributed by atoms with van der Waals surface area (Å²) in [5, 5.41) is 7.19. The van der Waals surface area contributed by atoms with E-state index in [2.05, 4.69) is 53.5 Å². The van der Waals surface area contributed by atoms with Crippen molar-refractivity contribution < 1.29 is 14.1 Å². The van der Waals surface area contributed by atoms with Gasteiger partial charge in [-0.2, -0.15) is 0 Å². The highest BCUT2D eigenvalue weighted by molar-refractivity contribution is 5.91. The molecule has 4 rings (SSSR count). The highest BCUT2D eigenvalue weighted by Crippen LogP contribution is 2.28. The van der Waals surface area contributed by atoms with E-state index in [4.69, 9.17) is 9.26 Å². The molecule has 0 radical (unpaired) electrons. The number of carbonyl (C=O) groups is 1. The Labute approximate surface area is 179 Å². The van der Waals surface area contributed by atoms with Crippen LogP contribution in [-0.2, 0) is 11.3 Å². The molecule has 6 nitrogen and oxygen atoms in total. The van der Waals surface area contributed by atoms with E-state index in [0.29, 0.717) is 24.2 Å². The number of likely N-dealkylation sites (tertiary alicyclic amines) is 1. The Bertz CT molecular complexity index is 816. The average molecular weight is 412 g/mol. The topological polar surface area (TPSA) is 67.6 Å². The third kappa shape index (κ3) is 5.29. The van der Waals surface area contributed by atoms with Crippen LogP contribution >= 0.6 is 0 Å². The Balaban J connectivity index is 1.26. The molecule has 0 aliphatic carbocycles. The summed E-state index contributed by atoms with van der Waals surface area (Å²) >= 11 is 0. The van der Waals surface area contributed by atoms with Gasteiger partial charge >= 0.3 is 0 Å². The standard InChI is InChI=1S/C24H33N3O3/c1-17(2)19-7-5-18(6-8-19)15-27-11-9-20(10-12-27)22-14-23(30-26-22)24(28)25-21-4-3-13-29-16-21/h5-8,14,17,20-21H,3-4,9-13,15-16H2,1-2H3,(H,25,28)/t21-/m1/s1. The van der Waals surface area contributed by atoms with Gasteiger partial charge in [0.15, 0.2) is 0 Å². The van der Waals surface area contributed by atoms with Gasteiger partial charge in [-0.25, -0.2) is 0 Å². The smallest absolute Gasteiger partial charge is 0.290 e. The molecule has 1 aromatic carbocycles. The van der Waals surface area contributed by atoms with Gasteiger partial charge in [0.1, 0.15) is 0 Å². The number of nitrogens with zero attached hydrogens (tertiary/aromatic N) is 2. The molecule has 3 heterocycles. The maximum atomic E-state index is 12.4. The van der Waals surface area contributed by atoms with Crippen molar-refractivity contribution in [2.45, 2.75) is 64.0 Å². The molecule has 0 spiro atoms. The first-order chi connectivity index (χ1) is 14.6. The van der Waals surface area contributed by atoms with E-state index in [1.54, 1.807) is 0 Å². The van der Waals surface area contributed by atoms with E-state index in [1.165, 1.54) is 11.1 Å². The first-order valence-corrected chi connectivity index (χ1v) is 11.2. The van der Waals surface area contributed by atoms with Crippen molar-refractivity contribution in [3.63, 3.8) is 0 Å². The third-order valence-electron chi connectivity index (χ3n) is 6.31. The SMILES string of the molecule is CC(C)c1ccc(CN2CCC(c3cc(C(=O)N[C@@H]4CCCOC4)on3)CC2)cc1. The van der Waals surface area contributed by atoms with Gasteiger partial charge in [-0.1, -0.05) is 43.3 Å². The first kappa shape index (κ1) is 21.1. The number of piperidine rings is 1. The van der Waals surface area contributed by atoms with Gasteiger partial charge < -0.3 is 14.6 Å². The molecule has 1 aromatic heterocycles. The number of nitrogens with one attached hydrogen (secondary N) is 1. The van der Waals surface area contributed by atoms with Crippen LogP contribution in [0.1, 0.15) is 78.7 Å². The van der Waals surface area contributed by atoms with Crippen LogP contribution in [0.15, 0.2) is 34.9 Å². The molecule has 1 atom stereocenters. The summed E-state index contributed by atoms with van der Waals surface area (Å²) in [4.78, 5) is 14.9. The Hall–Kier alpha value is -2.18. The minimum atomic E-state index is -0.188. The number of ether oxygens (including phenoxy) is 1. The minimum absolute atomic E-state index is 0.0673. The Morgan fingerprint density at radius 2 is 1.97 bits per heavy atom. The zero-order chi connectivity index (χ0) is 20.9. The van der Waals surface area contributed by atoms with Crippen LogP contribution < -0.4 is 5.32 Å². The molecule has 0 bridgehead atoms. The summed E-state index contributed by atoms with van der Waals surface area (Å²) in [6.07, 6.45) is 4.00. The van der Waals surface area contributed by atoms with Gasteiger partial charge in [-0.15, -0.1) is 0 Å². The molecule has 0 unspecified atom stereocenters. The molecular weight excluding hydrogens is 378 g/mol. The number of carbonyl (C=O) groups excluding carboxylic acids is 1. The summed E-state index contributed by atoms with van der Waals surface area (Å²) in [6, 6.07) is 10.9. The van der Waals surface area contributed by atoms with Crippen LogP contribution in [0.3, 0.4) is 0 Å². The van der Waals surface area contributed by atoms with Gasteiger partial charge in [-0.05, 0) is 55.8 Å². The van der Waals surface area contributed by atoms with E-state index in [0.717, 1.165) is 57.6 Å². The van der Waals surface area contributed by atoms with Crippen molar-refractivity contribution in [3.8, 4) is 0 Å². The van der Waals surface area contributed by atoms with Crippen LogP contribution in [0, 0.1) is 0 Å². The monoisotopic (exact) mass is 411 g/mol. The van der Waals surface area contributed by atoms with E-state index >= 15 is 0 Å². The number of aromatic nitrogens is 1. The van der Waals surface area contributed by atoms with Crippen LogP contribution in [0.25, 0.3) is 0 Å². The normalized spacial score (nSPS) is 21.1. The van der Waals surface area contributed by atoms with Gasteiger partial charge in [0.25, 0.3) is 5.91 Å². The molecule has 1 amide bonds. The molecule has 2 aliphatic heterocycles. The Morgan fingerprint density at radius 1 is 1.20 bits per heavy atom. The predicted molar refractivity (Wildman–Crippen MR) is 116 cm³/mol. The lowest BCUT2D eigenvalue weighted by atomic mass is 9.93. The minimum Gasteiger partial charge on any atom is -0.379 e. The Morgan fingerprint density at radius 3 is 2.63 bits per heavy atom. The van der Waals surface area contributed by atoms with Crippen molar-refractivity contribution in [3.05, 3.63) is 52.9 Å². The second-order valence-corrected chi connectivity index (χ2v) is 8.95. The fraction of sp³-hybridized carbons (Fsp3) is 0.583. The van der Waals surface area contributed by atoms with Crippen molar-refractivity contribution in [1.29, 1.82) is 0 Å².